The Morgan fingerprint density at radius 3 is 2.60 bits per heavy atom. The number of aromatic nitrogens is 1. The lowest BCUT2D eigenvalue weighted by molar-refractivity contribution is 0.566. The van der Waals surface area contributed by atoms with Gasteiger partial charge in [-0.3, -0.25) is 0 Å². The zero-order valence-electron chi connectivity index (χ0n) is 11.5. The third-order valence-corrected chi connectivity index (χ3v) is 5.53. The van der Waals surface area contributed by atoms with Crippen LogP contribution in [0.2, 0.25) is 0 Å². The first-order valence-electron chi connectivity index (χ1n) is 6.10. The van der Waals surface area contributed by atoms with Gasteiger partial charge in [0.05, 0.1) is 10.9 Å². The average molecular weight is 311 g/mol. The first kappa shape index (κ1) is 15.0. The number of hydrogen-bond acceptors (Lipinski definition) is 5. The number of nitrogen functional groups attached to an aromatic ring is 1. The highest BCUT2D eigenvalue weighted by molar-refractivity contribution is 7.89. The number of benzene rings is 1. The van der Waals surface area contributed by atoms with Gasteiger partial charge in [0.2, 0.25) is 10.0 Å². The largest absolute Gasteiger partial charge is 0.399 e. The van der Waals surface area contributed by atoms with Gasteiger partial charge in [0.15, 0.2) is 0 Å². The van der Waals surface area contributed by atoms with Crippen molar-refractivity contribution in [2.24, 2.45) is 0 Å². The van der Waals surface area contributed by atoms with Crippen molar-refractivity contribution in [1.29, 1.82) is 0 Å². The normalized spacial score (nSPS) is 13.3. The molecule has 0 saturated carbocycles. The molecule has 0 aliphatic heterocycles. The second kappa shape index (κ2) is 5.51. The fourth-order valence-corrected chi connectivity index (χ4v) is 3.88. The van der Waals surface area contributed by atoms with E-state index < -0.39 is 10.0 Å². The second-order valence-electron chi connectivity index (χ2n) is 4.67. The van der Waals surface area contributed by atoms with E-state index in [-0.39, 0.29) is 10.9 Å². The van der Waals surface area contributed by atoms with Gasteiger partial charge >= 0.3 is 0 Å². The smallest absolute Gasteiger partial charge is 0.241 e. The van der Waals surface area contributed by atoms with Crippen molar-refractivity contribution in [3.05, 3.63) is 39.8 Å². The molecule has 1 aromatic carbocycles. The van der Waals surface area contributed by atoms with Crippen LogP contribution in [0, 0.1) is 13.8 Å². The summed E-state index contributed by atoms with van der Waals surface area (Å²) in [6.45, 7) is 5.49. The molecule has 0 aliphatic carbocycles. The van der Waals surface area contributed by atoms with Gasteiger partial charge in [-0.25, -0.2) is 18.1 Å². The molecule has 1 atom stereocenters. The number of nitrogens with zero attached hydrogens (tertiary/aromatic N) is 1. The Balaban J connectivity index is 2.24. The topological polar surface area (TPSA) is 85.1 Å². The van der Waals surface area contributed by atoms with E-state index in [4.69, 9.17) is 5.73 Å². The summed E-state index contributed by atoms with van der Waals surface area (Å²) in [4.78, 5) is 5.46. The summed E-state index contributed by atoms with van der Waals surface area (Å²) < 4.78 is 27.3. The lowest BCUT2D eigenvalue weighted by Gasteiger charge is -2.12. The molecule has 7 heteroatoms. The molecule has 0 aliphatic rings. The SMILES string of the molecule is Cc1cnc(C(C)NS(=O)(=O)c2ccc(N)c(C)c2)s1. The Morgan fingerprint density at radius 2 is 2.05 bits per heavy atom. The number of hydrogen-bond donors (Lipinski definition) is 2. The Kier molecular flexibility index (Phi) is 4.12. The van der Waals surface area contributed by atoms with E-state index in [9.17, 15) is 8.42 Å². The van der Waals surface area contributed by atoms with Crippen LogP contribution in [-0.4, -0.2) is 13.4 Å². The second-order valence-corrected chi connectivity index (χ2v) is 7.65. The summed E-state index contributed by atoms with van der Waals surface area (Å²) in [7, 11) is -3.58. The Hall–Kier alpha value is -1.44. The first-order valence-corrected chi connectivity index (χ1v) is 8.40. The number of sulfonamides is 1. The van der Waals surface area contributed by atoms with Crippen LogP contribution in [0.4, 0.5) is 5.69 Å². The van der Waals surface area contributed by atoms with Gasteiger partial charge in [0.25, 0.3) is 0 Å². The summed E-state index contributed by atoms with van der Waals surface area (Å²) in [6, 6.07) is 4.31. The van der Waals surface area contributed by atoms with Gasteiger partial charge in [-0.05, 0) is 44.5 Å². The number of aryl methyl sites for hydroxylation is 2. The van der Waals surface area contributed by atoms with Gasteiger partial charge in [-0.2, -0.15) is 0 Å². The van der Waals surface area contributed by atoms with E-state index in [2.05, 4.69) is 9.71 Å². The molecule has 0 fully saturated rings. The van der Waals surface area contributed by atoms with E-state index in [0.717, 1.165) is 15.4 Å². The van der Waals surface area contributed by atoms with Crippen LogP contribution >= 0.6 is 11.3 Å². The molecule has 0 saturated heterocycles. The van der Waals surface area contributed by atoms with Crippen molar-refractivity contribution in [3.63, 3.8) is 0 Å². The molecule has 1 heterocycles. The average Bonchev–Trinajstić information content (AvgIpc) is 2.79. The van der Waals surface area contributed by atoms with Crippen LogP contribution in [-0.2, 0) is 10.0 Å². The molecule has 5 nitrogen and oxygen atoms in total. The standard InChI is InChI=1S/C13H17N3O2S2/c1-8-6-11(4-5-12(8)14)20(17,18)16-10(3)13-15-7-9(2)19-13/h4-7,10,16H,14H2,1-3H3. The lowest BCUT2D eigenvalue weighted by Crippen LogP contribution is -2.26. The molecule has 0 spiro atoms. The Morgan fingerprint density at radius 1 is 1.35 bits per heavy atom. The summed E-state index contributed by atoms with van der Waals surface area (Å²) in [5.41, 5.74) is 7.02. The van der Waals surface area contributed by atoms with E-state index >= 15 is 0 Å². The van der Waals surface area contributed by atoms with Crippen molar-refractivity contribution < 1.29 is 8.42 Å². The third-order valence-electron chi connectivity index (χ3n) is 2.89. The number of rotatable bonds is 4. The van der Waals surface area contributed by atoms with Crippen LogP contribution in [0.3, 0.4) is 0 Å². The van der Waals surface area contributed by atoms with Crippen LogP contribution in [0.25, 0.3) is 0 Å². The van der Waals surface area contributed by atoms with Gasteiger partial charge < -0.3 is 5.73 Å². The van der Waals surface area contributed by atoms with Gasteiger partial charge in [-0.1, -0.05) is 0 Å². The van der Waals surface area contributed by atoms with E-state index in [1.165, 1.54) is 17.4 Å². The van der Waals surface area contributed by atoms with Crippen LogP contribution in [0.5, 0.6) is 0 Å². The summed E-state index contributed by atoms with van der Waals surface area (Å²) in [5.74, 6) is 0. The Bertz CT molecular complexity index is 723. The number of nitrogens with one attached hydrogen (secondary N) is 1. The minimum atomic E-state index is -3.58. The van der Waals surface area contributed by atoms with Gasteiger partial charge in [-0.15, -0.1) is 11.3 Å². The number of anilines is 1. The van der Waals surface area contributed by atoms with Crippen molar-refractivity contribution in [1.82, 2.24) is 9.71 Å². The van der Waals surface area contributed by atoms with Gasteiger partial charge in [0.1, 0.15) is 5.01 Å². The summed E-state index contributed by atoms with van der Waals surface area (Å²) >= 11 is 1.48. The first-order chi connectivity index (χ1) is 9.29. The highest BCUT2D eigenvalue weighted by Gasteiger charge is 2.20. The zero-order valence-corrected chi connectivity index (χ0v) is 13.2. The molecule has 108 valence electrons. The van der Waals surface area contributed by atoms with E-state index in [0.29, 0.717) is 5.69 Å². The molecule has 0 amide bonds. The predicted octanol–water partition coefficient (Wildman–Crippen LogP) is 2.38. The third kappa shape index (κ3) is 3.17. The van der Waals surface area contributed by atoms with Crippen molar-refractivity contribution in [2.75, 3.05) is 5.73 Å². The maximum absolute atomic E-state index is 12.3. The molecule has 0 radical (unpaired) electrons. The maximum Gasteiger partial charge on any atom is 0.241 e. The highest BCUT2D eigenvalue weighted by atomic mass is 32.2. The van der Waals surface area contributed by atoms with Gasteiger partial charge in [0, 0.05) is 16.8 Å². The van der Waals surface area contributed by atoms with Crippen molar-refractivity contribution in [2.45, 2.75) is 31.7 Å². The quantitative estimate of drug-likeness (QED) is 0.849. The Labute approximate surface area is 122 Å². The fourth-order valence-electron chi connectivity index (χ4n) is 1.74. The molecular weight excluding hydrogens is 294 g/mol. The van der Waals surface area contributed by atoms with Crippen LogP contribution < -0.4 is 10.5 Å². The molecule has 1 aromatic heterocycles. The summed E-state index contributed by atoms with van der Waals surface area (Å²) in [5, 5.41) is 0.748. The molecule has 2 rings (SSSR count). The fraction of sp³-hybridized carbons (Fsp3) is 0.308. The van der Waals surface area contributed by atoms with E-state index in [1.54, 1.807) is 32.2 Å². The van der Waals surface area contributed by atoms with Crippen molar-refractivity contribution in [3.8, 4) is 0 Å². The molecular formula is C13H17N3O2S2. The molecule has 3 N–H and O–H groups in total. The van der Waals surface area contributed by atoms with Crippen LogP contribution in [0.1, 0.15) is 28.4 Å². The highest BCUT2D eigenvalue weighted by Crippen LogP contribution is 2.22. The minimum Gasteiger partial charge on any atom is -0.399 e. The minimum absolute atomic E-state index is 0.212. The summed E-state index contributed by atoms with van der Waals surface area (Å²) in [6.07, 6.45) is 1.73. The number of nitrogens with two attached hydrogens (primary N) is 1. The molecule has 20 heavy (non-hydrogen) atoms. The number of thiazole rings is 1. The zero-order chi connectivity index (χ0) is 14.9. The van der Waals surface area contributed by atoms with Crippen molar-refractivity contribution >= 4 is 27.0 Å². The van der Waals surface area contributed by atoms with Crippen LogP contribution in [0.15, 0.2) is 29.3 Å². The molecule has 2 aromatic rings. The maximum atomic E-state index is 12.3. The molecule has 0 bridgehead atoms. The lowest BCUT2D eigenvalue weighted by atomic mass is 10.2. The van der Waals surface area contributed by atoms with E-state index in [1.807, 2.05) is 6.92 Å². The molecule has 1 unspecified atom stereocenters. The predicted molar refractivity (Wildman–Crippen MR) is 81.2 cm³/mol. The monoisotopic (exact) mass is 311 g/mol.